The van der Waals surface area contributed by atoms with Crippen molar-refractivity contribution >= 4 is 26.5 Å². The molecule has 10 nitrogen and oxygen atoms in total. The molecule has 0 aliphatic carbocycles. The summed E-state index contributed by atoms with van der Waals surface area (Å²) in [5, 5.41) is 3.79. The van der Waals surface area contributed by atoms with Crippen LogP contribution in [-0.2, 0) is 27.1 Å². The minimum atomic E-state index is -5.19. The van der Waals surface area contributed by atoms with Gasteiger partial charge in [-0.1, -0.05) is 3.89 Å². The highest BCUT2D eigenvalue weighted by Crippen LogP contribution is 2.26. The molecular weight excluding hydrogens is 477 g/mol. The maximum Gasteiger partial charge on any atom is 0.488 e. The molecular formula is C17H15F3N4O6S2. The fourth-order valence-corrected chi connectivity index (χ4v) is 3.32. The second kappa shape index (κ2) is 8.66. The number of sulfonamides is 1. The predicted molar refractivity (Wildman–Crippen MR) is 106 cm³/mol. The number of halogens is 3. The summed E-state index contributed by atoms with van der Waals surface area (Å²) in [7, 11) is -8.82. The minimum Gasteiger partial charge on any atom is -0.488 e. The first-order valence-corrected chi connectivity index (χ1v) is 11.8. The van der Waals surface area contributed by atoms with Crippen molar-refractivity contribution in [3.8, 4) is 17.2 Å². The standard InChI is InChI=1S/C17H15F3N4O6S2/c1-10-5-12(30-32(20,27)28)3-4-16(10)29-8-13-14(18)6-11(7-15(13)19)24-9-21-17(22-24)23-31(2,25)26/h3-7,9H,8H2,1-2H3,(H,22,23). The second-order valence-electron chi connectivity index (χ2n) is 6.47. The largest absolute Gasteiger partial charge is 0.488 e. The van der Waals surface area contributed by atoms with E-state index in [1.54, 1.807) is 0 Å². The van der Waals surface area contributed by atoms with Gasteiger partial charge in [-0.05, 0) is 30.7 Å². The van der Waals surface area contributed by atoms with Crippen LogP contribution in [0.1, 0.15) is 11.1 Å². The molecule has 2 aromatic carbocycles. The Kier molecular flexibility index (Phi) is 6.32. The number of aromatic nitrogens is 3. The predicted octanol–water partition coefficient (Wildman–Crippen LogP) is 2.40. The van der Waals surface area contributed by atoms with Crippen LogP contribution in [-0.4, -0.2) is 37.9 Å². The van der Waals surface area contributed by atoms with Crippen LogP contribution in [0.4, 0.5) is 18.6 Å². The molecule has 0 aliphatic heterocycles. The molecule has 0 aliphatic rings. The Balaban J connectivity index is 1.76. The molecule has 0 saturated heterocycles. The number of hydrogen-bond donors (Lipinski definition) is 1. The molecule has 0 bridgehead atoms. The van der Waals surface area contributed by atoms with Gasteiger partial charge in [0.2, 0.25) is 10.0 Å². The summed E-state index contributed by atoms with van der Waals surface area (Å²) in [4.78, 5) is 3.70. The summed E-state index contributed by atoms with van der Waals surface area (Å²) in [6, 6.07) is 5.45. The van der Waals surface area contributed by atoms with E-state index < -0.39 is 44.3 Å². The Morgan fingerprint density at radius 3 is 2.31 bits per heavy atom. The van der Waals surface area contributed by atoms with Gasteiger partial charge < -0.3 is 8.92 Å². The molecule has 1 aromatic heterocycles. The van der Waals surface area contributed by atoms with Gasteiger partial charge in [0.05, 0.1) is 17.5 Å². The van der Waals surface area contributed by atoms with Gasteiger partial charge in [0.15, 0.2) is 0 Å². The van der Waals surface area contributed by atoms with Crippen molar-refractivity contribution in [2.24, 2.45) is 0 Å². The Bertz CT molecular complexity index is 1350. The first-order chi connectivity index (χ1) is 14.8. The van der Waals surface area contributed by atoms with Crippen LogP contribution in [0.25, 0.3) is 5.69 Å². The van der Waals surface area contributed by atoms with Gasteiger partial charge in [0, 0.05) is 12.1 Å². The second-order valence-corrected chi connectivity index (χ2v) is 9.17. The lowest BCUT2D eigenvalue weighted by Crippen LogP contribution is -2.11. The summed E-state index contributed by atoms with van der Waals surface area (Å²) >= 11 is 0. The van der Waals surface area contributed by atoms with E-state index >= 15 is 0 Å². The van der Waals surface area contributed by atoms with Crippen LogP contribution >= 0.6 is 0 Å². The topological polar surface area (TPSA) is 129 Å². The molecule has 0 saturated carbocycles. The monoisotopic (exact) mass is 492 g/mol. The first kappa shape index (κ1) is 23.3. The molecule has 32 heavy (non-hydrogen) atoms. The van der Waals surface area contributed by atoms with E-state index in [0.29, 0.717) is 5.56 Å². The number of nitrogens with zero attached hydrogens (tertiary/aromatic N) is 3. The van der Waals surface area contributed by atoms with E-state index in [1.165, 1.54) is 19.1 Å². The molecule has 15 heteroatoms. The number of benzene rings is 2. The maximum atomic E-state index is 14.5. The smallest absolute Gasteiger partial charge is 0.488 e. The van der Waals surface area contributed by atoms with Gasteiger partial charge in [-0.3, -0.25) is 4.72 Å². The lowest BCUT2D eigenvalue weighted by Gasteiger charge is -2.12. The molecule has 0 unspecified atom stereocenters. The van der Waals surface area contributed by atoms with Crippen molar-refractivity contribution in [3.05, 3.63) is 59.4 Å². The zero-order chi connectivity index (χ0) is 23.7. The van der Waals surface area contributed by atoms with Crippen molar-refractivity contribution in [2.45, 2.75) is 13.5 Å². The summed E-state index contributed by atoms with van der Waals surface area (Å²) in [6.07, 6.45) is 1.97. The highest BCUT2D eigenvalue weighted by Gasteiger charge is 2.16. The molecule has 0 spiro atoms. The van der Waals surface area contributed by atoms with Crippen LogP contribution in [0.15, 0.2) is 36.7 Å². The zero-order valence-corrected chi connectivity index (χ0v) is 18.0. The molecule has 0 atom stereocenters. The molecule has 0 amide bonds. The average molecular weight is 492 g/mol. The summed E-state index contributed by atoms with van der Waals surface area (Å²) < 4.78 is 97.6. The van der Waals surface area contributed by atoms with Gasteiger partial charge in [0.1, 0.15) is 36.1 Å². The Morgan fingerprint density at radius 2 is 1.75 bits per heavy atom. The molecule has 0 radical (unpaired) electrons. The van der Waals surface area contributed by atoms with Gasteiger partial charge in [0.25, 0.3) is 5.95 Å². The highest BCUT2D eigenvalue weighted by atomic mass is 32.3. The van der Waals surface area contributed by atoms with E-state index in [4.69, 9.17) is 4.74 Å². The maximum absolute atomic E-state index is 14.5. The quantitative estimate of drug-likeness (QED) is 0.475. The lowest BCUT2D eigenvalue weighted by molar-refractivity contribution is 0.290. The number of aryl methyl sites for hydroxylation is 1. The Labute approximate surface area is 181 Å². The van der Waals surface area contributed by atoms with E-state index in [-0.39, 0.29) is 23.1 Å². The number of nitrogens with one attached hydrogen (secondary N) is 1. The van der Waals surface area contributed by atoms with E-state index in [1.807, 2.05) is 4.72 Å². The molecule has 1 heterocycles. The van der Waals surface area contributed by atoms with Crippen LogP contribution in [0, 0.1) is 18.6 Å². The van der Waals surface area contributed by atoms with Crippen LogP contribution < -0.4 is 13.6 Å². The van der Waals surface area contributed by atoms with Crippen LogP contribution in [0.5, 0.6) is 11.5 Å². The van der Waals surface area contributed by atoms with Gasteiger partial charge in [-0.15, -0.1) is 5.10 Å². The number of ether oxygens (including phenoxy) is 1. The van der Waals surface area contributed by atoms with E-state index in [0.717, 1.165) is 35.5 Å². The Morgan fingerprint density at radius 1 is 1.09 bits per heavy atom. The average Bonchev–Trinajstić information content (AvgIpc) is 3.07. The van der Waals surface area contributed by atoms with Gasteiger partial charge in [-0.2, -0.15) is 13.4 Å². The highest BCUT2D eigenvalue weighted by molar-refractivity contribution is 7.92. The van der Waals surface area contributed by atoms with Crippen molar-refractivity contribution in [2.75, 3.05) is 11.0 Å². The van der Waals surface area contributed by atoms with Crippen LogP contribution in [0.2, 0.25) is 0 Å². The zero-order valence-electron chi connectivity index (χ0n) is 16.4. The normalized spacial score (nSPS) is 11.9. The first-order valence-electron chi connectivity index (χ1n) is 8.56. The van der Waals surface area contributed by atoms with Crippen molar-refractivity contribution in [3.63, 3.8) is 0 Å². The molecule has 1 N–H and O–H groups in total. The third-order valence-electron chi connectivity index (χ3n) is 3.87. The number of anilines is 1. The molecule has 3 aromatic rings. The lowest BCUT2D eigenvalue weighted by atomic mass is 10.1. The van der Waals surface area contributed by atoms with E-state index in [9.17, 15) is 29.5 Å². The van der Waals surface area contributed by atoms with Gasteiger partial charge in [-0.25, -0.2) is 21.9 Å². The Hall–Kier alpha value is -3.33. The van der Waals surface area contributed by atoms with Crippen molar-refractivity contribution < 1.29 is 38.4 Å². The van der Waals surface area contributed by atoms with Crippen LogP contribution in [0.3, 0.4) is 0 Å². The fraction of sp³-hybridized carbons (Fsp3) is 0.176. The minimum absolute atomic E-state index is 0.0529. The summed E-state index contributed by atoms with van der Waals surface area (Å²) in [5.74, 6) is -2.34. The molecule has 0 fully saturated rings. The third-order valence-corrected chi connectivity index (χ3v) is 4.82. The third kappa shape index (κ3) is 6.10. The summed E-state index contributed by atoms with van der Waals surface area (Å²) in [5.41, 5.74) is -0.130. The summed E-state index contributed by atoms with van der Waals surface area (Å²) in [6.45, 7) is 0.980. The SMILES string of the molecule is Cc1cc(OS(=O)(=O)F)ccc1OCc1c(F)cc(-n2cnc(NS(C)(=O)=O)n2)cc1F. The molecule has 3 rings (SSSR count). The van der Waals surface area contributed by atoms with Crippen molar-refractivity contribution in [1.82, 2.24) is 14.8 Å². The number of rotatable bonds is 8. The van der Waals surface area contributed by atoms with E-state index in [2.05, 4.69) is 14.3 Å². The van der Waals surface area contributed by atoms with Gasteiger partial charge >= 0.3 is 10.5 Å². The fourth-order valence-electron chi connectivity index (χ4n) is 2.56. The molecule has 172 valence electrons. The number of hydrogen-bond acceptors (Lipinski definition) is 8. The van der Waals surface area contributed by atoms with Crippen molar-refractivity contribution in [1.29, 1.82) is 0 Å².